The topological polar surface area (TPSA) is 70.2 Å². The Morgan fingerprint density at radius 1 is 0.919 bits per heavy atom. The Balaban J connectivity index is 1.21. The number of fused-ring (bicyclic) bond motifs is 1. The molecule has 194 valence electrons. The Morgan fingerprint density at radius 3 is 2.35 bits per heavy atom. The van der Waals surface area contributed by atoms with Crippen molar-refractivity contribution in [1.29, 1.82) is 0 Å². The number of hydrogen-bond acceptors (Lipinski definition) is 5. The second kappa shape index (κ2) is 10.6. The van der Waals surface area contributed by atoms with E-state index in [1.807, 2.05) is 29.2 Å². The SMILES string of the molecule is O=C(COc1ccc(S(=O)(=O)N2CCCc3ccccc32)cc1Cl)N1CCN(c2ccccc2F)CC1. The predicted molar refractivity (Wildman–Crippen MR) is 141 cm³/mol. The van der Waals surface area contributed by atoms with E-state index in [0.717, 1.165) is 18.4 Å². The van der Waals surface area contributed by atoms with Crippen LogP contribution in [-0.4, -0.2) is 58.6 Å². The number of piperazine rings is 1. The Morgan fingerprint density at radius 2 is 1.62 bits per heavy atom. The molecule has 2 aliphatic heterocycles. The number of carbonyl (C=O) groups excluding carboxylic acids is 1. The van der Waals surface area contributed by atoms with Crippen LogP contribution in [0.3, 0.4) is 0 Å². The molecule has 7 nitrogen and oxygen atoms in total. The summed E-state index contributed by atoms with van der Waals surface area (Å²) in [6, 6.07) is 18.4. The van der Waals surface area contributed by atoms with Gasteiger partial charge in [-0.2, -0.15) is 0 Å². The van der Waals surface area contributed by atoms with Gasteiger partial charge >= 0.3 is 0 Å². The van der Waals surface area contributed by atoms with Gasteiger partial charge in [0, 0.05) is 32.7 Å². The van der Waals surface area contributed by atoms with Crippen molar-refractivity contribution in [2.45, 2.75) is 17.7 Å². The van der Waals surface area contributed by atoms with E-state index in [9.17, 15) is 17.6 Å². The number of aryl methyl sites for hydroxylation is 1. The van der Waals surface area contributed by atoms with Gasteiger partial charge in [0.25, 0.3) is 15.9 Å². The Bertz CT molecular complexity index is 1410. The lowest BCUT2D eigenvalue weighted by Crippen LogP contribution is -2.50. The van der Waals surface area contributed by atoms with E-state index in [-0.39, 0.29) is 34.0 Å². The molecule has 0 aromatic heterocycles. The maximum absolute atomic E-state index is 14.1. The molecule has 37 heavy (non-hydrogen) atoms. The number of ether oxygens (including phenoxy) is 1. The number of carbonyl (C=O) groups is 1. The van der Waals surface area contributed by atoms with Crippen LogP contribution >= 0.6 is 11.6 Å². The normalized spacial score (nSPS) is 15.9. The van der Waals surface area contributed by atoms with Gasteiger partial charge in [-0.3, -0.25) is 9.10 Å². The summed E-state index contributed by atoms with van der Waals surface area (Å²) in [5.41, 5.74) is 2.21. The lowest BCUT2D eigenvalue weighted by molar-refractivity contribution is -0.133. The van der Waals surface area contributed by atoms with Crippen LogP contribution < -0.4 is 13.9 Å². The summed E-state index contributed by atoms with van der Waals surface area (Å²) in [4.78, 5) is 16.3. The molecule has 0 radical (unpaired) electrons. The lowest BCUT2D eigenvalue weighted by atomic mass is 10.0. The Labute approximate surface area is 221 Å². The molecular weight excluding hydrogens is 517 g/mol. The summed E-state index contributed by atoms with van der Waals surface area (Å²) in [6.07, 6.45) is 1.57. The van der Waals surface area contributed by atoms with Gasteiger partial charge in [0.05, 0.1) is 21.3 Å². The Hall–Kier alpha value is -3.30. The van der Waals surface area contributed by atoms with Crippen LogP contribution in [0.2, 0.25) is 5.02 Å². The van der Waals surface area contributed by atoms with E-state index in [2.05, 4.69) is 0 Å². The predicted octanol–water partition coefficient (Wildman–Crippen LogP) is 4.35. The molecule has 5 rings (SSSR count). The number of halogens is 2. The highest BCUT2D eigenvalue weighted by Gasteiger charge is 2.30. The van der Waals surface area contributed by atoms with Crippen molar-refractivity contribution >= 4 is 38.9 Å². The molecule has 2 heterocycles. The van der Waals surface area contributed by atoms with Crippen molar-refractivity contribution in [3.8, 4) is 5.75 Å². The number of sulfonamides is 1. The number of rotatable bonds is 6. The molecule has 1 amide bonds. The molecule has 0 unspecified atom stereocenters. The van der Waals surface area contributed by atoms with E-state index in [1.165, 1.54) is 28.6 Å². The summed E-state index contributed by atoms with van der Waals surface area (Å²) < 4.78 is 47.9. The number of hydrogen-bond donors (Lipinski definition) is 0. The number of amides is 1. The van der Waals surface area contributed by atoms with Crippen molar-refractivity contribution in [3.05, 3.63) is 83.1 Å². The fourth-order valence-electron chi connectivity index (χ4n) is 4.77. The largest absolute Gasteiger partial charge is 0.482 e. The van der Waals surface area contributed by atoms with Crippen LogP contribution in [-0.2, 0) is 21.2 Å². The number of nitrogens with zero attached hydrogens (tertiary/aromatic N) is 3. The van der Waals surface area contributed by atoms with Crippen molar-refractivity contribution in [3.63, 3.8) is 0 Å². The van der Waals surface area contributed by atoms with Gasteiger partial charge in [0.15, 0.2) is 6.61 Å². The van der Waals surface area contributed by atoms with Gasteiger partial charge in [0.1, 0.15) is 11.6 Å². The number of para-hydroxylation sites is 2. The monoisotopic (exact) mass is 543 g/mol. The van der Waals surface area contributed by atoms with E-state index in [4.69, 9.17) is 16.3 Å². The van der Waals surface area contributed by atoms with Crippen molar-refractivity contribution in [2.24, 2.45) is 0 Å². The average Bonchev–Trinajstić information content (AvgIpc) is 2.92. The maximum atomic E-state index is 14.1. The van der Waals surface area contributed by atoms with Crippen molar-refractivity contribution in [1.82, 2.24) is 4.90 Å². The van der Waals surface area contributed by atoms with Gasteiger partial charge < -0.3 is 14.5 Å². The molecule has 0 bridgehead atoms. The first-order valence-corrected chi connectivity index (χ1v) is 14.0. The molecule has 1 fully saturated rings. The molecule has 3 aromatic rings. The van der Waals surface area contributed by atoms with E-state index < -0.39 is 10.0 Å². The highest BCUT2D eigenvalue weighted by atomic mass is 35.5. The molecule has 0 spiro atoms. The number of benzene rings is 3. The highest BCUT2D eigenvalue weighted by Crippen LogP contribution is 2.34. The molecule has 0 N–H and O–H groups in total. The van der Waals surface area contributed by atoms with Crippen LogP contribution in [0, 0.1) is 5.82 Å². The molecule has 1 saturated heterocycles. The van der Waals surface area contributed by atoms with Crippen LogP contribution in [0.5, 0.6) is 5.75 Å². The van der Waals surface area contributed by atoms with Gasteiger partial charge in [-0.15, -0.1) is 0 Å². The number of anilines is 2. The molecule has 0 saturated carbocycles. The summed E-state index contributed by atoms with van der Waals surface area (Å²) in [5, 5.41) is 0.114. The quantitative estimate of drug-likeness (QED) is 0.462. The molecule has 0 atom stereocenters. The minimum absolute atomic E-state index is 0.0668. The third kappa shape index (κ3) is 5.24. The van der Waals surface area contributed by atoms with Crippen molar-refractivity contribution in [2.75, 3.05) is 48.5 Å². The van der Waals surface area contributed by atoms with Crippen molar-refractivity contribution < 1.29 is 22.3 Å². The standard InChI is InChI=1S/C27H27ClFN3O4S/c28-22-18-21(37(34,35)32-13-5-7-20-6-1-3-9-24(20)32)11-12-26(22)36-19-27(33)31-16-14-30(15-17-31)25-10-4-2-8-23(25)29/h1-4,6,8-12,18H,5,7,13-17,19H2. The van der Waals surface area contributed by atoms with Crippen LogP contribution in [0.1, 0.15) is 12.0 Å². The molecule has 10 heteroatoms. The molecule has 3 aromatic carbocycles. The molecular formula is C27H27ClFN3O4S. The smallest absolute Gasteiger partial charge is 0.264 e. The zero-order chi connectivity index (χ0) is 26.0. The molecule has 2 aliphatic rings. The van der Waals surface area contributed by atoms with E-state index in [1.54, 1.807) is 23.1 Å². The highest BCUT2D eigenvalue weighted by molar-refractivity contribution is 7.92. The summed E-state index contributed by atoms with van der Waals surface area (Å²) in [6.45, 7) is 2.08. The van der Waals surface area contributed by atoms with Gasteiger partial charge in [0.2, 0.25) is 0 Å². The molecule has 0 aliphatic carbocycles. The zero-order valence-corrected chi connectivity index (χ0v) is 21.7. The third-order valence-electron chi connectivity index (χ3n) is 6.74. The van der Waals surface area contributed by atoms with E-state index >= 15 is 0 Å². The van der Waals surface area contributed by atoms with Crippen LogP contribution in [0.15, 0.2) is 71.6 Å². The van der Waals surface area contributed by atoms with Crippen LogP contribution in [0.4, 0.5) is 15.8 Å². The lowest BCUT2D eigenvalue weighted by Gasteiger charge is -2.36. The second-order valence-electron chi connectivity index (χ2n) is 9.01. The van der Waals surface area contributed by atoms with Crippen LogP contribution in [0.25, 0.3) is 0 Å². The Kier molecular flexibility index (Phi) is 7.26. The van der Waals surface area contributed by atoms with Gasteiger partial charge in [-0.25, -0.2) is 12.8 Å². The summed E-state index contributed by atoms with van der Waals surface area (Å²) in [5.74, 6) is -0.265. The zero-order valence-electron chi connectivity index (χ0n) is 20.1. The maximum Gasteiger partial charge on any atom is 0.264 e. The average molecular weight is 544 g/mol. The first-order valence-electron chi connectivity index (χ1n) is 12.1. The summed E-state index contributed by atoms with van der Waals surface area (Å²) >= 11 is 6.37. The van der Waals surface area contributed by atoms with Gasteiger partial charge in [-0.1, -0.05) is 41.9 Å². The fourth-order valence-corrected chi connectivity index (χ4v) is 6.64. The minimum Gasteiger partial charge on any atom is -0.482 e. The minimum atomic E-state index is -3.81. The first kappa shape index (κ1) is 25.4. The third-order valence-corrected chi connectivity index (χ3v) is 8.84. The summed E-state index contributed by atoms with van der Waals surface area (Å²) in [7, 11) is -3.81. The fraction of sp³-hybridized carbons (Fsp3) is 0.296. The van der Waals surface area contributed by atoms with Gasteiger partial charge in [-0.05, 0) is 54.8 Å². The first-order chi connectivity index (χ1) is 17.8. The second-order valence-corrected chi connectivity index (χ2v) is 11.3. The van der Waals surface area contributed by atoms with E-state index in [0.29, 0.717) is 44.1 Å².